The Bertz CT molecular complexity index is 623. The van der Waals surface area contributed by atoms with E-state index >= 15 is 0 Å². The zero-order chi connectivity index (χ0) is 15.5. The van der Waals surface area contributed by atoms with Crippen LogP contribution in [0.15, 0.2) is 23.1 Å². The molecule has 1 atom stereocenters. The van der Waals surface area contributed by atoms with Gasteiger partial charge in [-0.3, -0.25) is 4.79 Å². The second-order valence-corrected chi connectivity index (χ2v) is 8.69. The number of sulfone groups is 1. The average molecular weight is 328 g/mol. The molecule has 21 heavy (non-hydrogen) atoms. The quantitative estimate of drug-likeness (QED) is 0.821. The number of hydrogen-bond acceptors (Lipinski definition) is 5. The van der Waals surface area contributed by atoms with E-state index in [-0.39, 0.29) is 22.1 Å². The highest BCUT2D eigenvalue weighted by atomic mass is 32.2. The molecule has 1 aliphatic heterocycles. The van der Waals surface area contributed by atoms with E-state index in [1.807, 2.05) is 11.8 Å². The summed E-state index contributed by atoms with van der Waals surface area (Å²) in [6.45, 7) is 0.604. The molecule has 0 spiro atoms. The third kappa shape index (κ3) is 4.64. The molecule has 0 saturated carbocycles. The molecule has 0 radical (unpaired) electrons. The van der Waals surface area contributed by atoms with E-state index in [9.17, 15) is 13.2 Å². The first kappa shape index (κ1) is 16.2. The fourth-order valence-corrected chi connectivity index (χ4v) is 4.17. The summed E-state index contributed by atoms with van der Waals surface area (Å²) in [5.41, 5.74) is 6.25. The van der Waals surface area contributed by atoms with Gasteiger partial charge in [0.25, 0.3) is 5.91 Å². The number of benzene rings is 1. The van der Waals surface area contributed by atoms with Crippen molar-refractivity contribution < 1.29 is 13.2 Å². The summed E-state index contributed by atoms with van der Waals surface area (Å²) < 4.78 is 23.1. The molecule has 2 rings (SSSR count). The smallest absolute Gasteiger partial charge is 0.251 e. The van der Waals surface area contributed by atoms with Gasteiger partial charge in [0.1, 0.15) is 0 Å². The number of anilines is 1. The van der Waals surface area contributed by atoms with Crippen LogP contribution in [0.25, 0.3) is 0 Å². The van der Waals surface area contributed by atoms with E-state index in [0.717, 1.165) is 18.4 Å². The first-order valence-electron chi connectivity index (χ1n) is 6.86. The predicted octanol–water partition coefficient (Wildman–Crippen LogP) is 1.69. The monoisotopic (exact) mass is 328 g/mol. The van der Waals surface area contributed by atoms with Crippen molar-refractivity contribution in [1.82, 2.24) is 5.32 Å². The summed E-state index contributed by atoms with van der Waals surface area (Å²) in [6.07, 6.45) is 4.64. The van der Waals surface area contributed by atoms with Crippen molar-refractivity contribution in [1.29, 1.82) is 0 Å². The second kappa shape index (κ2) is 6.70. The summed E-state index contributed by atoms with van der Waals surface area (Å²) in [6, 6.07) is 4.23. The molecule has 0 aliphatic carbocycles. The van der Waals surface area contributed by atoms with E-state index < -0.39 is 9.84 Å². The molecule has 1 amide bonds. The van der Waals surface area contributed by atoms with Crippen molar-refractivity contribution in [2.45, 2.75) is 29.4 Å². The third-order valence-electron chi connectivity index (χ3n) is 3.38. The summed E-state index contributed by atoms with van der Waals surface area (Å²) in [4.78, 5) is 12.2. The molecule has 116 valence electrons. The van der Waals surface area contributed by atoms with Gasteiger partial charge in [-0.1, -0.05) is 6.42 Å². The number of rotatable bonds is 4. The van der Waals surface area contributed by atoms with Crippen LogP contribution in [0, 0.1) is 0 Å². The summed E-state index contributed by atoms with van der Waals surface area (Å²) >= 11 is 1.88. The molecule has 3 N–H and O–H groups in total. The molecule has 0 aromatic heterocycles. The largest absolute Gasteiger partial charge is 0.399 e. The van der Waals surface area contributed by atoms with Gasteiger partial charge in [-0.2, -0.15) is 11.8 Å². The van der Waals surface area contributed by atoms with Gasteiger partial charge < -0.3 is 11.1 Å². The highest BCUT2D eigenvalue weighted by molar-refractivity contribution is 7.99. The van der Waals surface area contributed by atoms with Crippen LogP contribution >= 0.6 is 11.8 Å². The molecule has 0 bridgehead atoms. The summed E-state index contributed by atoms with van der Waals surface area (Å²) in [5, 5.41) is 3.31. The Hall–Kier alpha value is -1.21. The van der Waals surface area contributed by atoms with Crippen molar-refractivity contribution in [3.63, 3.8) is 0 Å². The predicted molar refractivity (Wildman–Crippen MR) is 86.4 cm³/mol. The van der Waals surface area contributed by atoms with Gasteiger partial charge in [-0.05, 0) is 36.8 Å². The molecule has 1 saturated heterocycles. The van der Waals surface area contributed by atoms with Crippen molar-refractivity contribution in [3.05, 3.63) is 23.8 Å². The SMILES string of the molecule is CS(=O)(=O)c1cc(N)cc(C(=O)NCC2CCCCS2)c1. The molecule has 7 heteroatoms. The Labute approximate surface area is 129 Å². The average Bonchev–Trinajstić information content (AvgIpc) is 2.44. The van der Waals surface area contributed by atoms with E-state index in [1.165, 1.54) is 31.0 Å². The van der Waals surface area contributed by atoms with Crippen LogP contribution in [0.2, 0.25) is 0 Å². The molecule has 1 fully saturated rings. The van der Waals surface area contributed by atoms with Crippen LogP contribution in [0.4, 0.5) is 5.69 Å². The van der Waals surface area contributed by atoms with Crippen molar-refractivity contribution in [3.8, 4) is 0 Å². The molecule has 5 nitrogen and oxygen atoms in total. The summed E-state index contributed by atoms with van der Waals surface area (Å²) in [7, 11) is -3.38. The number of hydrogen-bond donors (Lipinski definition) is 2. The van der Waals surface area contributed by atoms with Gasteiger partial charge in [0, 0.05) is 29.3 Å². The number of carbonyl (C=O) groups excluding carboxylic acids is 1. The van der Waals surface area contributed by atoms with Crippen molar-refractivity contribution >= 4 is 33.2 Å². The lowest BCUT2D eigenvalue weighted by Gasteiger charge is -2.21. The molecular formula is C14H20N2O3S2. The standard InChI is InChI=1S/C14H20N2O3S2/c1-21(18,19)13-7-10(6-11(15)8-13)14(17)16-9-12-4-2-3-5-20-12/h6-8,12H,2-5,9,15H2,1H3,(H,16,17). The minimum absolute atomic E-state index is 0.0692. The molecule has 1 unspecified atom stereocenters. The maximum Gasteiger partial charge on any atom is 0.251 e. The Morgan fingerprint density at radius 1 is 1.38 bits per heavy atom. The van der Waals surface area contributed by atoms with Gasteiger partial charge in [0.2, 0.25) is 0 Å². The second-order valence-electron chi connectivity index (χ2n) is 5.26. The number of nitrogens with two attached hydrogens (primary N) is 1. The van der Waals surface area contributed by atoms with E-state index in [0.29, 0.717) is 11.8 Å². The zero-order valence-corrected chi connectivity index (χ0v) is 13.6. The minimum Gasteiger partial charge on any atom is -0.399 e. The Morgan fingerprint density at radius 2 is 2.14 bits per heavy atom. The lowest BCUT2D eigenvalue weighted by molar-refractivity contribution is 0.0953. The molecule has 1 aliphatic rings. The number of carbonyl (C=O) groups is 1. The minimum atomic E-state index is -3.38. The molecule has 1 heterocycles. The Morgan fingerprint density at radius 3 is 2.76 bits per heavy atom. The molecular weight excluding hydrogens is 308 g/mol. The maximum atomic E-state index is 12.1. The van der Waals surface area contributed by atoms with Gasteiger partial charge in [-0.15, -0.1) is 0 Å². The first-order chi connectivity index (χ1) is 9.86. The van der Waals surface area contributed by atoms with Crippen LogP contribution in [-0.4, -0.2) is 38.1 Å². The van der Waals surface area contributed by atoms with Crippen LogP contribution in [0.5, 0.6) is 0 Å². The highest BCUT2D eigenvalue weighted by Gasteiger charge is 2.17. The third-order valence-corrected chi connectivity index (χ3v) is 5.87. The number of nitrogen functional groups attached to an aromatic ring is 1. The molecule has 1 aromatic carbocycles. The summed E-state index contributed by atoms with van der Waals surface area (Å²) in [5.74, 6) is 0.857. The van der Waals surface area contributed by atoms with Gasteiger partial charge >= 0.3 is 0 Å². The number of thioether (sulfide) groups is 1. The van der Waals surface area contributed by atoms with Crippen molar-refractivity contribution in [2.24, 2.45) is 0 Å². The zero-order valence-electron chi connectivity index (χ0n) is 12.0. The van der Waals surface area contributed by atoms with E-state index in [1.54, 1.807) is 0 Å². The Balaban J connectivity index is 2.06. The lowest BCUT2D eigenvalue weighted by atomic mass is 10.1. The van der Waals surface area contributed by atoms with Gasteiger partial charge in [-0.25, -0.2) is 8.42 Å². The number of nitrogens with one attached hydrogen (secondary N) is 1. The fraction of sp³-hybridized carbons (Fsp3) is 0.500. The van der Waals surface area contributed by atoms with Crippen LogP contribution < -0.4 is 11.1 Å². The van der Waals surface area contributed by atoms with Gasteiger partial charge in [0.15, 0.2) is 9.84 Å². The van der Waals surface area contributed by atoms with Crippen LogP contribution in [-0.2, 0) is 9.84 Å². The number of amides is 1. The van der Waals surface area contributed by atoms with Crippen molar-refractivity contribution in [2.75, 3.05) is 24.3 Å². The van der Waals surface area contributed by atoms with Gasteiger partial charge in [0.05, 0.1) is 4.90 Å². The fourth-order valence-electron chi connectivity index (χ4n) is 2.24. The van der Waals surface area contributed by atoms with E-state index in [2.05, 4.69) is 5.32 Å². The lowest BCUT2D eigenvalue weighted by Crippen LogP contribution is -2.32. The topological polar surface area (TPSA) is 89.3 Å². The normalized spacial score (nSPS) is 19.2. The maximum absolute atomic E-state index is 12.1. The van der Waals surface area contributed by atoms with Crippen LogP contribution in [0.3, 0.4) is 0 Å². The van der Waals surface area contributed by atoms with Crippen LogP contribution in [0.1, 0.15) is 29.6 Å². The van der Waals surface area contributed by atoms with E-state index in [4.69, 9.17) is 5.73 Å². The Kier molecular flexibility index (Phi) is 5.16. The highest BCUT2D eigenvalue weighted by Crippen LogP contribution is 2.24. The first-order valence-corrected chi connectivity index (χ1v) is 9.81. The molecule has 1 aromatic rings.